The number of fused-ring (bicyclic) bond motifs is 1. The summed E-state index contributed by atoms with van der Waals surface area (Å²) in [5.74, 6) is 1.97. The van der Waals surface area contributed by atoms with Crippen LogP contribution < -0.4 is 19.6 Å². The van der Waals surface area contributed by atoms with Crippen LogP contribution >= 0.6 is 27.3 Å². The fraction of sp³-hybridized carbons (Fsp3) is 0.0667. The van der Waals surface area contributed by atoms with Gasteiger partial charge >= 0.3 is 0 Å². The number of halogens is 1. The van der Waals surface area contributed by atoms with Crippen molar-refractivity contribution in [2.45, 2.75) is 0 Å². The van der Waals surface area contributed by atoms with Crippen LogP contribution in [0.3, 0.4) is 0 Å². The van der Waals surface area contributed by atoms with Gasteiger partial charge in [-0.1, -0.05) is 47.7 Å². The Hall–Kier alpha value is -4.54. The van der Waals surface area contributed by atoms with Crippen LogP contribution in [0.1, 0.15) is 17.0 Å². The topological polar surface area (TPSA) is 83.5 Å². The Kier molecular flexibility index (Phi) is 7.02. The number of methoxy groups -OCH3 is 2. The van der Waals surface area contributed by atoms with Crippen molar-refractivity contribution in [2.24, 2.45) is 0 Å². The first-order valence-corrected chi connectivity index (χ1v) is 13.9. The van der Waals surface area contributed by atoms with Crippen molar-refractivity contribution in [1.29, 1.82) is 0 Å². The highest BCUT2D eigenvalue weighted by Gasteiger charge is 2.15. The van der Waals surface area contributed by atoms with Crippen molar-refractivity contribution in [3.05, 3.63) is 115 Å². The third-order valence-electron chi connectivity index (χ3n) is 6.21. The van der Waals surface area contributed by atoms with E-state index in [9.17, 15) is 4.79 Å². The van der Waals surface area contributed by atoms with Gasteiger partial charge in [-0.05, 0) is 76.1 Å². The first-order chi connectivity index (χ1) is 19.5. The van der Waals surface area contributed by atoms with Crippen molar-refractivity contribution in [3.63, 3.8) is 0 Å². The van der Waals surface area contributed by atoms with Gasteiger partial charge in [-0.25, -0.2) is 4.68 Å². The molecule has 3 aromatic heterocycles. The average Bonchev–Trinajstić information content (AvgIpc) is 3.67. The molecular formula is C30H22BrN5O3S. The van der Waals surface area contributed by atoms with Gasteiger partial charge in [0.1, 0.15) is 17.2 Å². The van der Waals surface area contributed by atoms with Crippen LogP contribution in [-0.4, -0.2) is 38.6 Å². The van der Waals surface area contributed by atoms with E-state index in [0.717, 1.165) is 44.0 Å². The Bertz CT molecular complexity index is 1960. The number of nitrogens with zero attached hydrogens (tertiary/aromatic N) is 5. The average molecular weight is 613 g/mol. The fourth-order valence-electron chi connectivity index (χ4n) is 4.19. The molecule has 0 aliphatic carbocycles. The molecule has 0 amide bonds. The van der Waals surface area contributed by atoms with Gasteiger partial charge in [0.25, 0.3) is 5.56 Å². The minimum Gasteiger partial charge on any atom is -0.497 e. The lowest BCUT2D eigenvalue weighted by Gasteiger charge is -2.05. The summed E-state index contributed by atoms with van der Waals surface area (Å²) in [6, 6.07) is 23.3. The second-order valence-electron chi connectivity index (χ2n) is 8.75. The molecule has 0 saturated heterocycles. The van der Waals surface area contributed by atoms with E-state index in [1.54, 1.807) is 20.3 Å². The minimum absolute atomic E-state index is 0.231. The van der Waals surface area contributed by atoms with Crippen molar-refractivity contribution in [1.82, 2.24) is 24.4 Å². The molecular weight excluding hydrogens is 590 g/mol. The van der Waals surface area contributed by atoms with E-state index < -0.39 is 0 Å². The summed E-state index contributed by atoms with van der Waals surface area (Å²) in [7, 11) is 3.26. The predicted octanol–water partition coefficient (Wildman–Crippen LogP) is 5.50. The van der Waals surface area contributed by atoms with Crippen molar-refractivity contribution in [2.75, 3.05) is 14.2 Å². The Labute approximate surface area is 241 Å². The van der Waals surface area contributed by atoms with Crippen LogP contribution in [0.5, 0.6) is 11.5 Å². The van der Waals surface area contributed by atoms with Gasteiger partial charge in [-0.15, -0.1) is 5.10 Å². The fourth-order valence-corrected chi connectivity index (χ4v) is 5.64. The number of benzene rings is 3. The Balaban J connectivity index is 1.39. The predicted molar refractivity (Wildman–Crippen MR) is 161 cm³/mol. The minimum atomic E-state index is -0.231. The summed E-state index contributed by atoms with van der Waals surface area (Å²) >= 11 is 4.86. The summed E-state index contributed by atoms with van der Waals surface area (Å²) in [5, 5.41) is 9.28. The van der Waals surface area contributed by atoms with Crippen LogP contribution in [0.15, 0.2) is 88.3 Å². The molecule has 0 aliphatic heterocycles. The highest BCUT2D eigenvalue weighted by Crippen LogP contribution is 2.32. The van der Waals surface area contributed by atoms with Gasteiger partial charge in [-0.3, -0.25) is 4.79 Å². The quantitative estimate of drug-likeness (QED) is 0.237. The zero-order valence-corrected chi connectivity index (χ0v) is 23.9. The van der Waals surface area contributed by atoms with E-state index in [2.05, 4.69) is 26.0 Å². The molecule has 6 rings (SSSR count). The van der Waals surface area contributed by atoms with Crippen molar-refractivity contribution in [3.8, 4) is 28.4 Å². The molecule has 0 unspecified atom stereocenters. The number of thiazole rings is 1. The first kappa shape index (κ1) is 25.7. The van der Waals surface area contributed by atoms with Crippen LogP contribution in [0, 0.1) is 0 Å². The molecule has 0 N–H and O–H groups in total. The van der Waals surface area contributed by atoms with E-state index in [0.29, 0.717) is 15.3 Å². The second-order valence-corrected chi connectivity index (χ2v) is 10.6. The maximum atomic E-state index is 13.3. The van der Waals surface area contributed by atoms with E-state index in [1.807, 2.05) is 95.8 Å². The summed E-state index contributed by atoms with van der Waals surface area (Å²) in [6.45, 7) is 0. The highest BCUT2D eigenvalue weighted by molar-refractivity contribution is 9.10. The van der Waals surface area contributed by atoms with Gasteiger partial charge in [0, 0.05) is 17.3 Å². The van der Waals surface area contributed by atoms with Crippen LogP contribution in [0.4, 0.5) is 0 Å². The van der Waals surface area contributed by atoms with Gasteiger partial charge in [0.2, 0.25) is 4.96 Å². The normalized spacial score (nSPS) is 12.0. The smallest absolute Gasteiger partial charge is 0.291 e. The molecule has 0 spiro atoms. The lowest BCUT2D eigenvalue weighted by atomic mass is 10.1. The molecule has 40 heavy (non-hydrogen) atoms. The molecule has 10 heteroatoms. The molecule has 198 valence electrons. The van der Waals surface area contributed by atoms with E-state index in [1.165, 1.54) is 15.9 Å². The first-order valence-electron chi connectivity index (χ1n) is 12.2. The van der Waals surface area contributed by atoms with Gasteiger partial charge < -0.3 is 9.47 Å². The Morgan fingerprint density at radius 3 is 2.42 bits per heavy atom. The number of hydrogen-bond acceptors (Lipinski definition) is 7. The number of hydrogen-bond donors (Lipinski definition) is 0. The lowest BCUT2D eigenvalue weighted by molar-refractivity contribution is 0.412. The van der Waals surface area contributed by atoms with Crippen LogP contribution in [0.2, 0.25) is 0 Å². The van der Waals surface area contributed by atoms with Crippen LogP contribution in [-0.2, 0) is 0 Å². The largest absolute Gasteiger partial charge is 0.497 e. The molecule has 0 saturated carbocycles. The number of aromatic nitrogens is 5. The van der Waals surface area contributed by atoms with E-state index in [4.69, 9.17) is 14.6 Å². The molecule has 3 heterocycles. The van der Waals surface area contributed by atoms with Gasteiger partial charge in [0.15, 0.2) is 5.82 Å². The zero-order chi connectivity index (χ0) is 27.6. The van der Waals surface area contributed by atoms with Crippen LogP contribution in [0.25, 0.3) is 40.1 Å². The number of rotatable bonds is 7. The lowest BCUT2D eigenvalue weighted by Crippen LogP contribution is -2.23. The van der Waals surface area contributed by atoms with Crippen molar-refractivity contribution >= 4 is 50.5 Å². The summed E-state index contributed by atoms with van der Waals surface area (Å²) < 4.78 is 15.1. The molecule has 6 aromatic rings. The van der Waals surface area contributed by atoms with E-state index in [-0.39, 0.29) is 5.56 Å². The second kappa shape index (κ2) is 10.9. The monoisotopic (exact) mass is 611 g/mol. The summed E-state index contributed by atoms with van der Waals surface area (Å²) in [5.41, 5.74) is 4.06. The third kappa shape index (κ3) is 5.06. The molecule has 0 bridgehead atoms. The van der Waals surface area contributed by atoms with E-state index >= 15 is 0 Å². The van der Waals surface area contributed by atoms with Gasteiger partial charge in [-0.2, -0.15) is 14.6 Å². The molecule has 3 aromatic carbocycles. The Morgan fingerprint density at radius 2 is 1.73 bits per heavy atom. The number of ether oxygens (including phenoxy) is 2. The maximum absolute atomic E-state index is 13.3. The Morgan fingerprint density at radius 1 is 0.925 bits per heavy atom. The summed E-state index contributed by atoms with van der Waals surface area (Å²) in [6.07, 6.45) is 7.44. The zero-order valence-electron chi connectivity index (χ0n) is 21.5. The maximum Gasteiger partial charge on any atom is 0.291 e. The van der Waals surface area contributed by atoms with Gasteiger partial charge in [0.05, 0.1) is 28.9 Å². The van der Waals surface area contributed by atoms with Crippen molar-refractivity contribution < 1.29 is 9.47 Å². The molecule has 8 nitrogen and oxygen atoms in total. The standard InChI is InChI=1S/C30H22BrN5O3S/c1-38-23-12-8-19(9-13-23)10-15-27-32-30-36(33-27)29(37)26(40-30)17-21-18-35(22-6-4-3-5-7-22)34-28(21)20-11-14-25(39-2)24(31)16-20/h3-18H,1-2H3/b15-10+,26-17-. The third-order valence-corrected chi connectivity index (χ3v) is 7.79. The molecule has 0 radical (unpaired) electrons. The molecule has 0 aliphatic rings. The highest BCUT2D eigenvalue weighted by atomic mass is 79.9. The molecule has 0 fully saturated rings. The molecule has 0 atom stereocenters. The number of para-hydroxylation sites is 1. The summed E-state index contributed by atoms with van der Waals surface area (Å²) in [4.78, 5) is 18.4. The SMILES string of the molecule is COc1ccc(/C=C/c2nc3s/c(=C\c4cn(-c5ccccc5)nc4-c4ccc(OC)c(Br)c4)c(=O)n3n2)cc1.